The van der Waals surface area contributed by atoms with Crippen LogP contribution in [0.2, 0.25) is 0 Å². The van der Waals surface area contributed by atoms with E-state index in [0.29, 0.717) is 0 Å². The summed E-state index contributed by atoms with van der Waals surface area (Å²) in [5.74, 6) is -11.2. The first-order valence-corrected chi connectivity index (χ1v) is 6.30. The topological polar surface area (TPSA) is 233 Å². The molecule has 0 aromatic rings. The number of hydrogen-bond acceptors (Lipinski definition) is 9. The molecule has 0 rings (SSSR count). The van der Waals surface area contributed by atoms with E-state index in [1.807, 2.05) is 0 Å². The molecule has 0 radical (unpaired) electrons. The molecule has 0 saturated carbocycles. The monoisotopic (exact) mass is 462 g/mol. The summed E-state index contributed by atoms with van der Waals surface area (Å²) in [4.78, 5) is 65.5. The molecule has 29 heavy (non-hydrogen) atoms. The van der Waals surface area contributed by atoms with E-state index in [4.69, 9.17) is 20.4 Å². The van der Waals surface area contributed by atoms with Crippen molar-refractivity contribution >= 4 is 154 Å². The zero-order chi connectivity index (χ0) is 20.0. The van der Waals surface area contributed by atoms with Gasteiger partial charge in [-0.05, 0) is 0 Å². The Morgan fingerprint density at radius 3 is 0.966 bits per heavy atom. The van der Waals surface area contributed by atoms with E-state index >= 15 is 0 Å². The van der Waals surface area contributed by atoms with E-state index in [2.05, 4.69) is 4.74 Å². The summed E-state index contributed by atoms with van der Waals surface area (Å²) >= 11 is 0. The number of esters is 2. The fourth-order valence-corrected chi connectivity index (χ4v) is 1.60. The Labute approximate surface area is 251 Å². The molecule has 0 spiro atoms. The van der Waals surface area contributed by atoms with Crippen LogP contribution in [-0.2, 0) is 33.5 Å². The molecule has 13 nitrogen and oxygen atoms in total. The molecule has 0 amide bonds. The van der Waals surface area contributed by atoms with Crippen LogP contribution in [0.4, 0.5) is 0 Å². The number of ether oxygens (including phenoxy) is 1. The van der Waals surface area contributed by atoms with Crippen molar-refractivity contribution in [2.24, 2.45) is 0 Å². The predicted molar refractivity (Wildman–Crippen MR) is 98.6 cm³/mol. The molecule has 0 aromatic carbocycles. The summed E-state index contributed by atoms with van der Waals surface area (Å²) in [5.41, 5.74) is -6.18. The van der Waals surface area contributed by atoms with Gasteiger partial charge in [-0.3, -0.25) is 19.2 Å². The zero-order valence-corrected chi connectivity index (χ0v) is 12.4. The first kappa shape index (κ1) is 40.3. The van der Waals surface area contributed by atoms with Crippen LogP contribution in [0.1, 0.15) is 25.7 Å². The first-order chi connectivity index (χ1) is 11.2. The van der Waals surface area contributed by atoms with Crippen molar-refractivity contribution in [1.29, 1.82) is 0 Å². The van der Waals surface area contributed by atoms with Gasteiger partial charge in [0.1, 0.15) is 0 Å². The van der Waals surface area contributed by atoms with Crippen molar-refractivity contribution in [2.45, 2.75) is 36.9 Å². The number of carboxylic acid groups (broad SMARTS) is 4. The number of rotatable bonds is 10. The van der Waals surface area contributed by atoms with E-state index in [1.165, 1.54) is 0 Å². The fraction of sp³-hybridized carbons (Fsp3) is 0.500. The van der Waals surface area contributed by atoms with Gasteiger partial charge < -0.3 is 35.4 Å². The summed E-state index contributed by atoms with van der Waals surface area (Å²) in [6.45, 7) is 0. The Kier molecular flexibility index (Phi) is 24.3. The third-order valence-electron chi connectivity index (χ3n) is 2.78. The molecule has 0 saturated heterocycles. The molecule has 2 atom stereocenters. The Bertz CT molecular complexity index is 573. The van der Waals surface area contributed by atoms with Gasteiger partial charge in [-0.15, -0.1) is 0 Å². The Balaban J connectivity index is -0.000000480. The van der Waals surface area contributed by atoms with Crippen molar-refractivity contribution in [3.63, 3.8) is 0 Å². The molecule has 0 bridgehead atoms. The number of aliphatic carboxylic acids is 4. The van der Waals surface area contributed by atoms with Crippen LogP contribution < -0.4 is 0 Å². The molecule has 2 unspecified atom stereocenters. The molecule has 0 aromatic heterocycles. The summed E-state index contributed by atoms with van der Waals surface area (Å²) in [6, 6.07) is 0. The molecule has 0 aliphatic carbocycles. The van der Waals surface area contributed by atoms with E-state index in [9.17, 15) is 39.0 Å². The van der Waals surface area contributed by atoms with E-state index in [-0.39, 0.29) is 118 Å². The third-order valence-corrected chi connectivity index (χ3v) is 2.78. The SMILES string of the molecule is O=C(O)CC(O)(CC(=O)OC(=O)CC(O)(CC(=O)O)C(=O)O)C(=O)O.[NaH].[NaH].[NaH].[NaH]. The molecule has 6 N–H and O–H groups in total. The second kappa shape index (κ2) is 17.5. The molecule has 0 heterocycles. The van der Waals surface area contributed by atoms with Crippen LogP contribution >= 0.6 is 0 Å². The Morgan fingerprint density at radius 2 is 0.793 bits per heavy atom. The number of aliphatic hydroxyl groups is 2. The summed E-state index contributed by atoms with van der Waals surface area (Å²) in [7, 11) is 0. The van der Waals surface area contributed by atoms with E-state index in [0.717, 1.165) is 0 Å². The maximum atomic E-state index is 11.4. The Hall–Kier alpha value is 0.940. The number of carboxylic acids is 4. The van der Waals surface area contributed by atoms with Crippen molar-refractivity contribution < 1.29 is 64.1 Å². The average molecular weight is 462 g/mol. The van der Waals surface area contributed by atoms with Crippen molar-refractivity contribution in [3.8, 4) is 0 Å². The minimum absolute atomic E-state index is 0. The summed E-state index contributed by atoms with van der Waals surface area (Å²) < 4.78 is 3.99. The summed E-state index contributed by atoms with van der Waals surface area (Å²) in [6.07, 6.45) is -5.73. The predicted octanol–water partition coefficient (Wildman–Crippen LogP) is -5.18. The van der Waals surface area contributed by atoms with Crippen molar-refractivity contribution in [1.82, 2.24) is 0 Å². The Morgan fingerprint density at radius 1 is 0.552 bits per heavy atom. The maximum absolute atomic E-state index is 11.4. The number of hydrogen-bond donors (Lipinski definition) is 6. The van der Waals surface area contributed by atoms with Crippen molar-refractivity contribution in [3.05, 3.63) is 0 Å². The third kappa shape index (κ3) is 15.4. The molecule has 17 heteroatoms. The second-order valence-corrected chi connectivity index (χ2v) is 5.01. The molecule has 148 valence electrons. The van der Waals surface area contributed by atoms with Gasteiger partial charge in [-0.2, -0.15) is 0 Å². The number of carbonyl (C=O) groups excluding carboxylic acids is 2. The first-order valence-electron chi connectivity index (χ1n) is 6.30. The molecule has 0 aliphatic rings. The van der Waals surface area contributed by atoms with Crippen LogP contribution in [0.15, 0.2) is 0 Å². The quantitative estimate of drug-likeness (QED) is 0.101. The van der Waals surface area contributed by atoms with Crippen LogP contribution in [0.25, 0.3) is 0 Å². The van der Waals surface area contributed by atoms with Crippen LogP contribution in [0, 0.1) is 0 Å². The molecular formula is C12H18Na4O13. The molecular weight excluding hydrogens is 444 g/mol. The van der Waals surface area contributed by atoms with Gasteiger partial charge in [0, 0.05) is 0 Å². The fourth-order valence-electron chi connectivity index (χ4n) is 1.60. The van der Waals surface area contributed by atoms with Gasteiger partial charge in [-0.25, -0.2) is 9.59 Å². The van der Waals surface area contributed by atoms with Gasteiger partial charge in [0.2, 0.25) is 0 Å². The van der Waals surface area contributed by atoms with Crippen molar-refractivity contribution in [2.75, 3.05) is 0 Å². The van der Waals surface area contributed by atoms with Crippen LogP contribution in [0.3, 0.4) is 0 Å². The summed E-state index contributed by atoms with van der Waals surface area (Å²) in [5, 5.41) is 53.6. The van der Waals surface area contributed by atoms with Crippen LogP contribution in [0.5, 0.6) is 0 Å². The number of carbonyl (C=O) groups is 6. The van der Waals surface area contributed by atoms with Gasteiger partial charge in [0.05, 0.1) is 25.7 Å². The molecule has 0 fully saturated rings. The second-order valence-electron chi connectivity index (χ2n) is 5.01. The van der Waals surface area contributed by atoms with E-state index in [1.54, 1.807) is 0 Å². The van der Waals surface area contributed by atoms with Gasteiger partial charge in [0.25, 0.3) is 0 Å². The average Bonchev–Trinajstić information content (AvgIpc) is 2.34. The minimum atomic E-state index is -3.09. The van der Waals surface area contributed by atoms with Crippen LogP contribution in [-0.4, -0.2) is 196 Å². The normalized spacial score (nSPS) is 13.2. The van der Waals surface area contributed by atoms with Gasteiger partial charge in [0.15, 0.2) is 11.2 Å². The van der Waals surface area contributed by atoms with Gasteiger partial charge >= 0.3 is 154 Å². The molecule has 0 aliphatic heterocycles. The zero-order valence-electron chi connectivity index (χ0n) is 12.4. The van der Waals surface area contributed by atoms with E-state index < -0.39 is 72.7 Å². The van der Waals surface area contributed by atoms with Gasteiger partial charge in [-0.1, -0.05) is 0 Å². The standard InChI is InChI=1S/C12H14O13.4Na.4H/c13-5(14)1-11(23,9(19)20)3-7(17)25-8(18)4-12(24,10(21)22)2-6(15)16;;;;;;;;/h23-24H,1-4H2,(H,13,14)(H,15,16)(H,19,20)(H,21,22);;;;;;;;.